The van der Waals surface area contributed by atoms with Crippen molar-refractivity contribution in [2.75, 3.05) is 12.4 Å². The standard InChI is InChI=1S/C22H23BrN4O2S/c1-3-27-21(16-7-5-4-6-14(16)2)25-26-22(27)30-13-20(28)24-18-10-11-29-19-9-8-15(23)12-17(18)19/h4-9,12,18H,3,10-11,13H2,1-2H3,(H,24,28). The third kappa shape index (κ3) is 4.39. The van der Waals surface area contributed by atoms with E-state index in [0.717, 1.165) is 50.9 Å². The summed E-state index contributed by atoms with van der Waals surface area (Å²) in [5.41, 5.74) is 3.22. The molecule has 0 spiro atoms. The minimum absolute atomic E-state index is 0.0269. The van der Waals surface area contributed by atoms with Gasteiger partial charge in [-0.05, 0) is 37.6 Å². The number of nitrogens with one attached hydrogen (secondary N) is 1. The van der Waals surface area contributed by atoms with E-state index in [9.17, 15) is 4.79 Å². The first-order chi connectivity index (χ1) is 14.6. The number of amides is 1. The van der Waals surface area contributed by atoms with Crippen LogP contribution in [0.1, 0.15) is 30.5 Å². The fourth-order valence-electron chi connectivity index (χ4n) is 3.58. The van der Waals surface area contributed by atoms with Crippen LogP contribution >= 0.6 is 27.7 Å². The number of aromatic nitrogens is 3. The van der Waals surface area contributed by atoms with Gasteiger partial charge in [-0.25, -0.2) is 0 Å². The molecule has 1 N–H and O–H groups in total. The van der Waals surface area contributed by atoms with Gasteiger partial charge in [0.2, 0.25) is 5.91 Å². The molecule has 1 amide bonds. The molecule has 8 heteroatoms. The summed E-state index contributed by atoms with van der Waals surface area (Å²) >= 11 is 4.91. The molecule has 0 saturated heterocycles. The number of carbonyl (C=O) groups excluding carboxylic acids is 1. The molecule has 2 aromatic carbocycles. The number of ether oxygens (including phenoxy) is 1. The highest BCUT2D eigenvalue weighted by atomic mass is 79.9. The fourth-order valence-corrected chi connectivity index (χ4v) is 4.78. The van der Waals surface area contributed by atoms with Gasteiger partial charge in [-0.1, -0.05) is 52.0 Å². The molecular weight excluding hydrogens is 464 g/mol. The van der Waals surface area contributed by atoms with Crippen LogP contribution in [-0.2, 0) is 11.3 Å². The van der Waals surface area contributed by atoms with Gasteiger partial charge in [0, 0.05) is 28.6 Å². The highest BCUT2D eigenvalue weighted by molar-refractivity contribution is 9.10. The summed E-state index contributed by atoms with van der Waals surface area (Å²) in [5, 5.41) is 12.6. The van der Waals surface area contributed by atoms with Crippen molar-refractivity contribution >= 4 is 33.6 Å². The van der Waals surface area contributed by atoms with Crippen LogP contribution in [0.5, 0.6) is 5.75 Å². The van der Waals surface area contributed by atoms with Gasteiger partial charge in [0.05, 0.1) is 18.4 Å². The second-order valence-electron chi connectivity index (χ2n) is 7.09. The predicted octanol–water partition coefficient (Wildman–Crippen LogP) is 4.77. The van der Waals surface area contributed by atoms with Crippen molar-refractivity contribution in [2.24, 2.45) is 0 Å². The number of thioether (sulfide) groups is 1. The number of hydrogen-bond donors (Lipinski definition) is 1. The molecule has 1 atom stereocenters. The molecule has 0 saturated carbocycles. The lowest BCUT2D eigenvalue weighted by Crippen LogP contribution is -2.33. The van der Waals surface area contributed by atoms with Crippen LogP contribution in [0, 0.1) is 6.92 Å². The lowest BCUT2D eigenvalue weighted by atomic mass is 10.0. The van der Waals surface area contributed by atoms with E-state index in [0.29, 0.717) is 6.61 Å². The fraction of sp³-hybridized carbons (Fsp3) is 0.318. The van der Waals surface area contributed by atoms with Crippen LogP contribution in [0.4, 0.5) is 0 Å². The SMILES string of the molecule is CCn1c(SCC(=O)NC2CCOc3ccc(Br)cc32)nnc1-c1ccccc1C. The summed E-state index contributed by atoms with van der Waals surface area (Å²) in [7, 11) is 0. The minimum atomic E-state index is -0.0501. The number of halogens is 1. The Morgan fingerprint density at radius 3 is 2.93 bits per heavy atom. The summed E-state index contributed by atoms with van der Waals surface area (Å²) in [6.07, 6.45) is 0.752. The molecule has 0 bridgehead atoms. The third-order valence-electron chi connectivity index (χ3n) is 5.10. The smallest absolute Gasteiger partial charge is 0.230 e. The largest absolute Gasteiger partial charge is 0.493 e. The number of carbonyl (C=O) groups is 1. The van der Waals surface area contributed by atoms with Gasteiger partial charge in [0.15, 0.2) is 11.0 Å². The zero-order valence-corrected chi connectivity index (χ0v) is 19.3. The van der Waals surface area contributed by atoms with Gasteiger partial charge in [-0.2, -0.15) is 0 Å². The lowest BCUT2D eigenvalue weighted by Gasteiger charge is -2.26. The molecule has 156 valence electrons. The zero-order chi connectivity index (χ0) is 21.1. The van der Waals surface area contributed by atoms with Crippen LogP contribution in [0.2, 0.25) is 0 Å². The molecule has 6 nitrogen and oxygen atoms in total. The maximum absolute atomic E-state index is 12.7. The van der Waals surface area contributed by atoms with E-state index in [-0.39, 0.29) is 17.7 Å². The van der Waals surface area contributed by atoms with Gasteiger partial charge in [0.1, 0.15) is 5.75 Å². The lowest BCUT2D eigenvalue weighted by molar-refractivity contribution is -0.119. The van der Waals surface area contributed by atoms with E-state index in [1.54, 1.807) is 0 Å². The molecular formula is C22H23BrN4O2S. The number of hydrogen-bond acceptors (Lipinski definition) is 5. The average molecular weight is 487 g/mol. The monoisotopic (exact) mass is 486 g/mol. The van der Waals surface area contributed by atoms with Crippen LogP contribution in [0.15, 0.2) is 52.1 Å². The molecule has 1 unspecified atom stereocenters. The summed E-state index contributed by atoms with van der Waals surface area (Å²) in [6.45, 7) is 5.46. The Labute approximate surface area is 188 Å². The van der Waals surface area contributed by atoms with Crippen molar-refractivity contribution < 1.29 is 9.53 Å². The normalized spacial score (nSPS) is 15.4. The zero-order valence-electron chi connectivity index (χ0n) is 16.9. The molecule has 0 fully saturated rings. The highest BCUT2D eigenvalue weighted by Gasteiger charge is 2.24. The number of benzene rings is 2. The van der Waals surface area contributed by atoms with Crippen LogP contribution < -0.4 is 10.1 Å². The Bertz CT molecular complexity index is 1070. The van der Waals surface area contributed by atoms with Crippen molar-refractivity contribution in [3.8, 4) is 17.1 Å². The predicted molar refractivity (Wildman–Crippen MR) is 122 cm³/mol. The van der Waals surface area contributed by atoms with Crippen molar-refractivity contribution in [3.63, 3.8) is 0 Å². The summed E-state index contributed by atoms with van der Waals surface area (Å²) in [4.78, 5) is 12.7. The molecule has 3 aromatic rings. The number of nitrogens with zero attached hydrogens (tertiary/aromatic N) is 3. The maximum Gasteiger partial charge on any atom is 0.230 e. The molecule has 1 aliphatic rings. The molecule has 0 aliphatic carbocycles. The van der Waals surface area contributed by atoms with E-state index in [2.05, 4.69) is 55.9 Å². The minimum Gasteiger partial charge on any atom is -0.493 e. The maximum atomic E-state index is 12.7. The Hall–Kier alpha value is -2.32. The second kappa shape index (κ2) is 9.22. The molecule has 0 radical (unpaired) electrons. The molecule has 1 aromatic heterocycles. The second-order valence-corrected chi connectivity index (χ2v) is 8.95. The average Bonchev–Trinajstić information content (AvgIpc) is 3.15. The quantitative estimate of drug-likeness (QED) is 0.508. The van der Waals surface area contributed by atoms with Crippen LogP contribution in [-0.4, -0.2) is 33.0 Å². The van der Waals surface area contributed by atoms with Gasteiger partial charge >= 0.3 is 0 Å². The van der Waals surface area contributed by atoms with E-state index in [1.165, 1.54) is 11.8 Å². The topological polar surface area (TPSA) is 69.0 Å². The Kier molecular flexibility index (Phi) is 6.43. The van der Waals surface area contributed by atoms with Gasteiger partial charge in [-0.15, -0.1) is 10.2 Å². The number of fused-ring (bicyclic) bond motifs is 1. The van der Waals surface area contributed by atoms with Crippen LogP contribution in [0.25, 0.3) is 11.4 Å². The first-order valence-corrected chi connectivity index (χ1v) is 11.7. The van der Waals surface area contributed by atoms with E-state index < -0.39 is 0 Å². The summed E-state index contributed by atoms with van der Waals surface area (Å²) in [5.74, 6) is 1.92. The van der Waals surface area contributed by atoms with Gasteiger partial charge in [-0.3, -0.25) is 4.79 Å². The van der Waals surface area contributed by atoms with Gasteiger partial charge < -0.3 is 14.6 Å². The summed E-state index contributed by atoms with van der Waals surface area (Å²) < 4.78 is 8.73. The third-order valence-corrected chi connectivity index (χ3v) is 6.56. The van der Waals surface area contributed by atoms with E-state index >= 15 is 0 Å². The van der Waals surface area contributed by atoms with Gasteiger partial charge in [0.25, 0.3) is 0 Å². The Morgan fingerprint density at radius 1 is 1.30 bits per heavy atom. The number of aryl methyl sites for hydroxylation is 1. The number of rotatable bonds is 6. The molecule has 30 heavy (non-hydrogen) atoms. The van der Waals surface area contributed by atoms with Crippen LogP contribution in [0.3, 0.4) is 0 Å². The first-order valence-electron chi connectivity index (χ1n) is 9.90. The first kappa shape index (κ1) is 20.9. The Balaban J connectivity index is 1.44. The molecule has 1 aliphatic heterocycles. The van der Waals surface area contributed by atoms with Crippen molar-refractivity contribution in [1.82, 2.24) is 20.1 Å². The molecule has 4 rings (SSSR count). The Morgan fingerprint density at radius 2 is 2.13 bits per heavy atom. The van der Waals surface area contributed by atoms with Crippen molar-refractivity contribution in [2.45, 2.75) is 38.0 Å². The molecule has 2 heterocycles. The van der Waals surface area contributed by atoms with Crippen molar-refractivity contribution in [1.29, 1.82) is 0 Å². The summed E-state index contributed by atoms with van der Waals surface area (Å²) in [6, 6.07) is 14.0. The highest BCUT2D eigenvalue weighted by Crippen LogP contribution is 2.34. The van der Waals surface area contributed by atoms with Crippen molar-refractivity contribution in [3.05, 3.63) is 58.1 Å². The van der Waals surface area contributed by atoms with E-state index in [4.69, 9.17) is 4.74 Å². The van der Waals surface area contributed by atoms with E-state index in [1.807, 2.05) is 36.4 Å².